The van der Waals surface area contributed by atoms with E-state index >= 15 is 0 Å². The molecule has 2 amide bonds. The molecule has 1 aliphatic carbocycles. The number of anilines is 1. The number of amides is 2. The van der Waals surface area contributed by atoms with E-state index < -0.39 is 6.09 Å². The summed E-state index contributed by atoms with van der Waals surface area (Å²) in [5.41, 5.74) is 9.16. The van der Waals surface area contributed by atoms with Crippen LogP contribution in [0.3, 0.4) is 0 Å². The summed E-state index contributed by atoms with van der Waals surface area (Å²) in [7, 11) is 0. The Morgan fingerprint density at radius 1 is 1.11 bits per heavy atom. The molecule has 0 unspecified atom stereocenters. The van der Waals surface area contributed by atoms with Gasteiger partial charge in [-0.2, -0.15) is 0 Å². The number of aryl methyl sites for hydroxylation is 1. The zero-order chi connectivity index (χ0) is 25.9. The number of rotatable bonds is 6. The zero-order valence-corrected chi connectivity index (χ0v) is 21.0. The number of nitrogens with one attached hydrogen (secondary N) is 3. The van der Waals surface area contributed by atoms with Crippen molar-refractivity contribution in [2.75, 3.05) is 5.32 Å². The Labute approximate surface area is 218 Å². The van der Waals surface area contributed by atoms with Crippen LogP contribution in [0.4, 0.5) is 10.7 Å². The molecule has 2 aromatic heterocycles. The van der Waals surface area contributed by atoms with Crippen LogP contribution in [-0.4, -0.2) is 39.0 Å². The quantitative estimate of drug-likeness (QED) is 0.277. The fraction of sp³-hybridized carbons (Fsp3) is 0.259. The molecule has 10 heteroatoms. The largest absolute Gasteiger partial charge is 0.411 e. The van der Waals surface area contributed by atoms with E-state index in [4.69, 9.17) is 27.1 Å². The van der Waals surface area contributed by atoms with Gasteiger partial charge in [-0.05, 0) is 62.9 Å². The number of aromatic nitrogens is 3. The second-order valence-corrected chi connectivity index (χ2v) is 9.59. The Balaban J connectivity index is 1.26. The maximum atomic E-state index is 12.8. The summed E-state index contributed by atoms with van der Waals surface area (Å²) in [4.78, 5) is 36.2. The van der Waals surface area contributed by atoms with E-state index in [2.05, 4.69) is 20.6 Å². The number of carbonyl (C=O) groups excluding carboxylic acids is 2. The maximum Gasteiger partial charge on any atom is 0.409 e. The third-order valence-electron chi connectivity index (χ3n) is 6.55. The normalized spacial score (nSPS) is 17.4. The lowest BCUT2D eigenvalue weighted by Gasteiger charge is -2.30. The van der Waals surface area contributed by atoms with E-state index in [0.29, 0.717) is 22.2 Å². The number of fused-ring (bicyclic) bond motifs is 1. The summed E-state index contributed by atoms with van der Waals surface area (Å²) in [6.07, 6.45) is 4.25. The van der Waals surface area contributed by atoms with Crippen molar-refractivity contribution in [3.8, 4) is 17.0 Å². The van der Waals surface area contributed by atoms with Gasteiger partial charge in [-0.15, -0.1) is 0 Å². The summed E-state index contributed by atoms with van der Waals surface area (Å²) >= 11 is 6.53. The Morgan fingerprint density at radius 2 is 1.86 bits per heavy atom. The van der Waals surface area contributed by atoms with E-state index in [1.54, 1.807) is 18.3 Å². The molecule has 1 fully saturated rings. The van der Waals surface area contributed by atoms with Crippen LogP contribution in [0.2, 0.25) is 5.02 Å². The van der Waals surface area contributed by atoms with Crippen LogP contribution in [0.15, 0.2) is 54.7 Å². The number of para-hydroxylation sites is 1. The van der Waals surface area contributed by atoms with Crippen molar-refractivity contribution in [3.05, 3.63) is 71.0 Å². The highest BCUT2D eigenvalue weighted by atomic mass is 35.5. The molecule has 2 atom stereocenters. The van der Waals surface area contributed by atoms with E-state index in [0.717, 1.165) is 47.8 Å². The number of primary amides is 1. The minimum absolute atomic E-state index is 0.00271. The number of nitrogens with zero attached hydrogens (tertiary/aromatic N) is 2. The van der Waals surface area contributed by atoms with Gasteiger partial charge < -0.3 is 26.1 Å². The zero-order valence-electron chi connectivity index (χ0n) is 20.3. The van der Waals surface area contributed by atoms with Gasteiger partial charge in [0.05, 0.1) is 16.9 Å². The molecule has 9 nitrogen and oxygen atoms in total. The van der Waals surface area contributed by atoms with Gasteiger partial charge >= 0.3 is 6.09 Å². The van der Waals surface area contributed by atoms with Crippen molar-refractivity contribution in [2.24, 2.45) is 5.73 Å². The first kappa shape index (κ1) is 24.6. The van der Waals surface area contributed by atoms with Gasteiger partial charge in [0.2, 0.25) is 5.95 Å². The second kappa shape index (κ2) is 10.5. The van der Waals surface area contributed by atoms with Crippen LogP contribution in [-0.2, 0) is 0 Å². The van der Waals surface area contributed by atoms with Gasteiger partial charge in [-0.3, -0.25) is 4.79 Å². The molecule has 0 radical (unpaired) electrons. The average molecular weight is 519 g/mol. The molecule has 0 spiro atoms. The molecule has 1 saturated carbocycles. The summed E-state index contributed by atoms with van der Waals surface area (Å²) < 4.78 is 4.81. The molecule has 0 aliphatic heterocycles. The Hall–Kier alpha value is -4.11. The van der Waals surface area contributed by atoms with Crippen LogP contribution in [0.5, 0.6) is 5.75 Å². The van der Waals surface area contributed by atoms with Crippen LogP contribution in [0.1, 0.15) is 41.7 Å². The van der Waals surface area contributed by atoms with Gasteiger partial charge in [0.15, 0.2) is 0 Å². The van der Waals surface area contributed by atoms with Crippen LogP contribution >= 0.6 is 11.6 Å². The number of benzene rings is 2. The highest BCUT2D eigenvalue weighted by Crippen LogP contribution is 2.35. The van der Waals surface area contributed by atoms with E-state index in [1.165, 1.54) is 12.1 Å². The average Bonchev–Trinajstić information content (AvgIpc) is 3.21. The number of hydrogen-bond acceptors (Lipinski definition) is 6. The topological polar surface area (TPSA) is 135 Å². The lowest BCUT2D eigenvalue weighted by Crippen LogP contribution is -2.42. The number of carbonyl (C=O) groups is 2. The third kappa shape index (κ3) is 5.51. The Kier molecular flexibility index (Phi) is 6.96. The lowest BCUT2D eigenvalue weighted by molar-refractivity contribution is 0.0926. The van der Waals surface area contributed by atoms with Crippen LogP contribution in [0, 0.1) is 6.92 Å². The number of halogens is 1. The predicted molar refractivity (Wildman–Crippen MR) is 143 cm³/mol. The van der Waals surface area contributed by atoms with E-state index in [1.807, 2.05) is 31.2 Å². The molecular formula is C27H27ClN6O3. The monoisotopic (exact) mass is 518 g/mol. The molecule has 4 aromatic rings. The van der Waals surface area contributed by atoms with Crippen molar-refractivity contribution < 1.29 is 14.3 Å². The van der Waals surface area contributed by atoms with Gasteiger partial charge in [-0.25, -0.2) is 14.8 Å². The first-order chi connectivity index (χ1) is 17.9. The number of nitrogens with two attached hydrogens (primary N) is 1. The smallest absolute Gasteiger partial charge is 0.409 e. The van der Waals surface area contributed by atoms with Crippen molar-refractivity contribution >= 4 is 40.5 Å². The summed E-state index contributed by atoms with van der Waals surface area (Å²) in [6.45, 7) is 2.01. The molecule has 0 bridgehead atoms. The number of ether oxygens (including phenoxy) is 1. The molecule has 2 heterocycles. The molecule has 2 aromatic carbocycles. The summed E-state index contributed by atoms with van der Waals surface area (Å²) in [6, 6.07) is 14.4. The first-order valence-corrected chi connectivity index (χ1v) is 12.5. The fourth-order valence-electron chi connectivity index (χ4n) is 4.89. The molecular weight excluding hydrogens is 492 g/mol. The maximum absolute atomic E-state index is 12.8. The number of hydrogen-bond donors (Lipinski definition) is 4. The van der Waals surface area contributed by atoms with Gasteiger partial charge in [0, 0.05) is 39.8 Å². The highest BCUT2D eigenvalue weighted by molar-refractivity contribution is 6.33. The van der Waals surface area contributed by atoms with Crippen molar-refractivity contribution in [1.82, 2.24) is 20.3 Å². The third-order valence-corrected chi connectivity index (χ3v) is 6.83. The number of H-pyrrole nitrogens is 1. The molecule has 1 aliphatic rings. The van der Waals surface area contributed by atoms with Crippen molar-refractivity contribution in [1.29, 1.82) is 0 Å². The first-order valence-electron chi connectivity index (χ1n) is 12.1. The minimum atomic E-state index is -0.897. The van der Waals surface area contributed by atoms with Crippen LogP contribution < -0.4 is 21.1 Å². The van der Waals surface area contributed by atoms with Crippen molar-refractivity contribution in [3.63, 3.8) is 0 Å². The molecule has 190 valence electrons. The highest BCUT2D eigenvalue weighted by Gasteiger charge is 2.25. The van der Waals surface area contributed by atoms with Crippen LogP contribution in [0.25, 0.3) is 22.2 Å². The fourth-order valence-corrected chi connectivity index (χ4v) is 5.07. The van der Waals surface area contributed by atoms with Gasteiger partial charge in [-0.1, -0.05) is 29.8 Å². The van der Waals surface area contributed by atoms with Gasteiger partial charge in [0.1, 0.15) is 5.75 Å². The SMILES string of the molecule is Cc1[nH]c2ccccc2c1-c1nc(N[C@@H]2CCC[C@H](NC(=O)c3ccc(OC(N)=O)cc3)C2)ncc1Cl. The van der Waals surface area contributed by atoms with E-state index in [9.17, 15) is 9.59 Å². The molecule has 5 N–H and O–H groups in total. The Morgan fingerprint density at radius 3 is 2.65 bits per heavy atom. The minimum Gasteiger partial charge on any atom is -0.411 e. The number of aromatic amines is 1. The van der Waals surface area contributed by atoms with Gasteiger partial charge in [0.25, 0.3) is 5.91 Å². The summed E-state index contributed by atoms with van der Waals surface area (Å²) in [5, 5.41) is 8.09. The molecule has 37 heavy (non-hydrogen) atoms. The standard InChI is InChI=1S/C27H27ClN6O3/c1-15-23(20-7-2-3-8-22(20)31-15)24-21(28)14-30-27(34-24)33-18-6-4-5-17(13-18)32-25(35)16-9-11-19(12-10-16)37-26(29)36/h2-3,7-12,14,17-18,31H,4-6,13H2,1H3,(H2,29,36)(H,32,35)(H,30,33,34)/t17-,18+/m0/s1. The predicted octanol–water partition coefficient (Wildman–Crippen LogP) is 5.20. The lowest BCUT2D eigenvalue weighted by atomic mass is 9.91. The molecule has 0 saturated heterocycles. The Bertz CT molecular complexity index is 1450. The second-order valence-electron chi connectivity index (χ2n) is 9.18. The van der Waals surface area contributed by atoms with Crippen molar-refractivity contribution in [2.45, 2.75) is 44.7 Å². The van der Waals surface area contributed by atoms with E-state index in [-0.39, 0.29) is 23.7 Å². The summed E-state index contributed by atoms with van der Waals surface area (Å²) in [5.74, 6) is 0.610. The molecule has 5 rings (SSSR count).